The van der Waals surface area contributed by atoms with E-state index in [1.165, 1.54) is 9.24 Å². The number of para-hydroxylation sites is 1. The number of imide groups is 1. The largest absolute Gasteiger partial charge is 0.363 e. The minimum atomic E-state index is -1.29. The second kappa shape index (κ2) is 7.45. The Labute approximate surface area is 179 Å². The van der Waals surface area contributed by atoms with E-state index in [1.807, 2.05) is 11.0 Å². The molecule has 0 aliphatic carbocycles. The van der Waals surface area contributed by atoms with Gasteiger partial charge in [0.15, 0.2) is 5.67 Å². The number of hydrogen-bond donors (Lipinski definition) is 1. The van der Waals surface area contributed by atoms with Crippen LogP contribution in [0, 0.1) is 0 Å². The van der Waals surface area contributed by atoms with Crippen LogP contribution in [0.1, 0.15) is 19.3 Å². The molecule has 0 saturated carbocycles. The van der Waals surface area contributed by atoms with Crippen LogP contribution in [0.15, 0.2) is 23.0 Å². The first-order chi connectivity index (χ1) is 14.9. The average Bonchev–Trinajstić information content (AvgIpc) is 2.98. The number of alkyl halides is 1. The molecule has 9 nitrogen and oxygen atoms in total. The molecule has 1 N–H and O–H groups in total. The number of imidazole rings is 1. The fourth-order valence-corrected chi connectivity index (χ4v) is 4.97. The van der Waals surface area contributed by atoms with Crippen LogP contribution in [0.25, 0.3) is 11.0 Å². The number of halogens is 1. The zero-order valence-electron chi connectivity index (χ0n) is 17.6. The quantitative estimate of drug-likeness (QED) is 0.685. The third kappa shape index (κ3) is 3.34. The van der Waals surface area contributed by atoms with Crippen LogP contribution in [0.3, 0.4) is 0 Å². The highest BCUT2D eigenvalue weighted by atomic mass is 19.1. The molecule has 166 valence electrons. The number of carbonyl (C=O) groups is 2. The van der Waals surface area contributed by atoms with Gasteiger partial charge in [0.2, 0.25) is 11.8 Å². The summed E-state index contributed by atoms with van der Waals surface area (Å²) in [6.45, 7) is 4.34. The summed E-state index contributed by atoms with van der Waals surface area (Å²) < 4.78 is 17.9. The second-order valence-corrected chi connectivity index (χ2v) is 8.78. The van der Waals surface area contributed by atoms with Crippen LogP contribution in [-0.2, 0) is 16.6 Å². The highest BCUT2D eigenvalue weighted by molar-refractivity contribution is 6.11. The van der Waals surface area contributed by atoms with E-state index in [1.54, 1.807) is 19.2 Å². The molecular formula is C21H27FN6O3. The van der Waals surface area contributed by atoms with Gasteiger partial charge in [-0.1, -0.05) is 6.07 Å². The van der Waals surface area contributed by atoms with E-state index in [2.05, 4.69) is 10.2 Å². The molecule has 31 heavy (non-hydrogen) atoms. The van der Waals surface area contributed by atoms with Crippen molar-refractivity contribution in [1.29, 1.82) is 0 Å². The Morgan fingerprint density at radius 2 is 1.74 bits per heavy atom. The number of amides is 2. The number of benzene rings is 1. The minimum Gasteiger partial charge on any atom is -0.363 e. The highest BCUT2D eigenvalue weighted by Crippen LogP contribution is 2.35. The number of piperazine rings is 1. The van der Waals surface area contributed by atoms with E-state index in [0.29, 0.717) is 24.0 Å². The van der Waals surface area contributed by atoms with Crippen molar-refractivity contribution < 1.29 is 14.0 Å². The van der Waals surface area contributed by atoms with E-state index in [4.69, 9.17) is 0 Å². The monoisotopic (exact) mass is 430 g/mol. The van der Waals surface area contributed by atoms with Crippen LogP contribution in [0.5, 0.6) is 0 Å². The minimum absolute atomic E-state index is 0.233. The topological polar surface area (TPSA) is 82.8 Å². The van der Waals surface area contributed by atoms with Crippen molar-refractivity contribution >= 4 is 28.5 Å². The number of carbonyl (C=O) groups excluding carboxylic acids is 2. The van der Waals surface area contributed by atoms with Gasteiger partial charge >= 0.3 is 5.69 Å². The highest BCUT2D eigenvalue weighted by Gasteiger charge is 2.45. The van der Waals surface area contributed by atoms with Crippen LogP contribution in [-0.4, -0.2) is 77.4 Å². The molecule has 0 radical (unpaired) electrons. The number of fused-ring (bicyclic) bond motifs is 1. The smallest absolute Gasteiger partial charge is 0.348 e. The number of piperidine rings is 1. The first kappa shape index (κ1) is 20.2. The lowest BCUT2D eigenvalue weighted by Gasteiger charge is -2.48. The predicted octanol–water partition coefficient (Wildman–Crippen LogP) is -0.0514. The maximum absolute atomic E-state index is 15.3. The Hall–Kier alpha value is -2.72. The third-order valence-corrected chi connectivity index (χ3v) is 6.48. The van der Waals surface area contributed by atoms with Crippen molar-refractivity contribution in [2.75, 3.05) is 55.7 Å². The van der Waals surface area contributed by atoms with Gasteiger partial charge in [-0.25, -0.2) is 9.18 Å². The van der Waals surface area contributed by atoms with Crippen LogP contribution in [0.2, 0.25) is 0 Å². The lowest BCUT2D eigenvalue weighted by molar-refractivity contribution is -0.131. The first-order valence-corrected chi connectivity index (χ1v) is 10.8. The van der Waals surface area contributed by atoms with Crippen molar-refractivity contribution in [1.82, 2.24) is 19.5 Å². The number of aryl methyl sites for hydroxylation is 1. The van der Waals surface area contributed by atoms with Crippen molar-refractivity contribution in [3.63, 3.8) is 0 Å². The summed E-state index contributed by atoms with van der Waals surface area (Å²) in [7, 11) is 1.62. The van der Waals surface area contributed by atoms with Gasteiger partial charge in [-0.15, -0.1) is 0 Å². The van der Waals surface area contributed by atoms with E-state index in [-0.39, 0.29) is 37.7 Å². The summed E-state index contributed by atoms with van der Waals surface area (Å²) in [6, 6.07) is 5.36. The van der Waals surface area contributed by atoms with Gasteiger partial charge in [-0.3, -0.25) is 19.1 Å². The molecule has 3 saturated heterocycles. The Kier molecular flexibility index (Phi) is 4.86. The van der Waals surface area contributed by atoms with Crippen molar-refractivity contribution in [2.24, 2.45) is 7.05 Å². The molecule has 1 aromatic carbocycles. The Morgan fingerprint density at radius 1 is 1.06 bits per heavy atom. The normalized spacial score (nSPS) is 22.3. The zero-order valence-corrected chi connectivity index (χ0v) is 17.6. The van der Waals surface area contributed by atoms with Crippen LogP contribution >= 0.6 is 0 Å². The number of nitrogens with one attached hydrogen (secondary N) is 1. The summed E-state index contributed by atoms with van der Waals surface area (Å²) in [6.07, 6.45) is 0.964. The molecular weight excluding hydrogens is 403 g/mol. The molecule has 2 amide bonds. The third-order valence-electron chi connectivity index (χ3n) is 6.48. The number of rotatable bonds is 4. The molecule has 5 rings (SSSR count). The summed E-state index contributed by atoms with van der Waals surface area (Å²) in [5.41, 5.74) is 0.0647. The number of hydrogen-bond acceptors (Lipinski definition) is 6. The molecule has 0 bridgehead atoms. The van der Waals surface area contributed by atoms with E-state index in [0.717, 1.165) is 36.9 Å². The number of nitrogens with zero attached hydrogens (tertiary/aromatic N) is 5. The predicted molar refractivity (Wildman–Crippen MR) is 115 cm³/mol. The molecule has 0 spiro atoms. The summed E-state index contributed by atoms with van der Waals surface area (Å²) in [5.74, 6) is -0.752. The van der Waals surface area contributed by atoms with Gasteiger partial charge in [0.25, 0.3) is 0 Å². The molecule has 0 unspecified atom stereocenters. The van der Waals surface area contributed by atoms with Gasteiger partial charge in [-0.05, 0) is 18.6 Å². The molecule has 3 aliphatic heterocycles. The van der Waals surface area contributed by atoms with E-state index < -0.39 is 11.4 Å². The summed E-state index contributed by atoms with van der Waals surface area (Å²) in [5, 5.41) is 4.25. The van der Waals surface area contributed by atoms with E-state index in [9.17, 15) is 14.4 Å². The number of aromatic nitrogens is 2. The average molecular weight is 430 g/mol. The van der Waals surface area contributed by atoms with Gasteiger partial charge < -0.3 is 10.2 Å². The standard InChI is InChI=1S/C21H27FN6O3/c1-24-19-15(26-13-21(22,14-26)12-25-10-8-23-9-11-25)4-2-5-16(19)27(20(24)31)28-17(29)6-3-7-18(28)30/h2,4-5,23H,3,6-14H2,1H3. The molecule has 2 aromatic rings. The molecule has 0 atom stereocenters. The van der Waals surface area contributed by atoms with E-state index >= 15 is 4.39 Å². The van der Waals surface area contributed by atoms with Crippen molar-refractivity contribution in [3.05, 3.63) is 28.7 Å². The summed E-state index contributed by atoms with van der Waals surface area (Å²) in [4.78, 5) is 42.0. The lowest BCUT2D eigenvalue weighted by Crippen LogP contribution is -2.65. The fraction of sp³-hybridized carbons (Fsp3) is 0.571. The van der Waals surface area contributed by atoms with Gasteiger partial charge in [0, 0.05) is 52.6 Å². The Morgan fingerprint density at radius 3 is 2.42 bits per heavy atom. The second-order valence-electron chi connectivity index (χ2n) is 8.78. The Balaban J connectivity index is 1.46. The number of anilines is 1. The Bertz CT molecular complexity index is 1080. The molecule has 4 heterocycles. The lowest BCUT2D eigenvalue weighted by atomic mass is 9.94. The molecule has 1 aromatic heterocycles. The van der Waals surface area contributed by atoms with Crippen molar-refractivity contribution in [3.8, 4) is 0 Å². The first-order valence-electron chi connectivity index (χ1n) is 10.8. The molecule has 3 fully saturated rings. The van der Waals surface area contributed by atoms with Gasteiger partial charge in [-0.2, -0.15) is 9.69 Å². The maximum Gasteiger partial charge on any atom is 0.348 e. The summed E-state index contributed by atoms with van der Waals surface area (Å²) >= 11 is 0. The SMILES string of the molecule is Cn1c(=O)n(N2C(=O)CCCC2=O)c2cccc(N3CC(F)(CN4CCNCC4)C3)c21. The van der Waals surface area contributed by atoms with Crippen LogP contribution < -0.4 is 20.9 Å². The fourth-order valence-electron chi connectivity index (χ4n) is 4.97. The molecule has 3 aliphatic rings. The molecule has 10 heteroatoms. The van der Waals surface area contributed by atoms with Gasteiger partial charge in [0.05, 0.1) is 29.8 Å². The van der Waals surface area contributed by atoms with Crippen LogP contribution in [0.4, 0.5) is 10.1 Å². The van der Waals surface area contributed by atoms with Gasteiger partial charge in [0.1, 0.15) is 0 Å². The zero-order chi connectivity index (χ0) is 21.8. The van der Waals surface area contributed by atoms with Crippen molar-refractivity contribution in [2.45, 2.75) is 24.9 Å². The maximum atomic E-state index is 15.3.